The topological polar surface area (TPSA) is 78.9 Å². The molecular formula is C10H15N5O. The highest BCUT2D eigenvalue weighted by atomic mass is 16.1. The summed E-state index contributed by atoms with van der Waals surface area (Å²) in [5.41, 5.74) is 0. The van der Waals surface area contributed by atoms with Crippen LogP contribution in [-0.4, -0.2) is 35.5 Å². The molecule has 2 rings (SSSR count). The number of nitrogens with one attached hydrogen (secondary N) is 3. The molecule has 1 unspecified atom stereocenters. The molecule has 6 nitrogen and oxygen atoms in total. The van der Waals surface area contributed by atoms with Crippen molar-refractivity contribution in [2.24, 2.45) is 0 Å². The number of anilines is 2. The SMILES string of the molecule is CNc1cncc(NC2CCC(=O)NC2)n1. The third-order valence-corrected chi connectivity index (χ3v) is 2.51. The van der Waals surface area contributed by atoms with Crippen molar-refractivity contribution in [2.45, 2.75) is 18.9 Å². The summed E-state index contributed by atoms with van der Waals surface area (Å²) in [5.74, 6) is 1.57. The van der Waals surface area contributed by atoms with Gasteiger partial charge in [-0.15, -0.1) is 0 Å². The van der Waals surface area contributed by atoms with E-state index in [1.165, 1.54) is 0 Å². The first-order valence-corrected chi connectivity index (χ1v) is 5.31. The lowest BCUT2D eigenvalue weighted by Crippen LogP contribution is -2.42. The molecule has 1 saturated heterocycles. The molecule has 0 saturated carbocycles. The molecule has 1 amide bonds. The molecule has 0 aliphatic carbocycles. The van der Waals surface area contributed by atoms with Gasteiger partial charge < -0.3 is 16.0 Å². The Labute approximate surface area is 93.9 Å². The lowest BCUT2D eigenvalue weighted by Gasteiger charge is -2.23. The predicted molar refractivity (Wildman–Crippen MR) is 61.2 cm³/mol. The van der Waals surface area contributed by atoms with Crippen molar-refractivity contribution < 1.29 is 4.79 Å². The van der Waals surface area contributed by atoms with Crippen molar-refractivity contribution in [2.75, 3.05) is 24.2 Å². The van der Waals surface area contributed by atoms with Crippen molar-refractivity contribution in [3.63, 3.8) is 0 Å². The summed E-state index contributed by atoms with van der Waals surface area (Å²) >= 11 is 0. The highest BCUT2D eigenvalue weighted by Gasteiger charge is 2.17. The van der Waals surface area contributed by atoms with Crippen molar-refractivity contribution in [1.82, 2.24) is 15.3 Å². The zero-order valence-corrected chi connectivity index (χ0v) is 9.16. The van der Waals surface area contributed by atoms with Gasteiger partial charge in [0.15, 0.2) is 0 Å². The van der Waals surface area contributed by atoms with Crippen LogP contribution >= 0.6 is 0 Å². The van der Waals surface area contributed by atoms with Crippen molar-refractivity contribution in [3.05, 3.63) is 12.4 Å². The Morgan fingerprint density at radius 1 is 1.44 bits per heavy atom. The number of piperidine rings is 1. The molecule has 1 aliphatic rings. The van der Waals surface area contributed by atoms with E-state index in [9.17, 15) is 4.79 Å². The highest BCUT2D eigenvalue weighted by molar-refractivity contribution is 5.76. The molecule has 2 heterocycles. The zero-order chi connectivity index (χ0) is 11.4. The van der Waals surface area contributed by atoms with Gasteiger partial charge in [-0.05, 0) is 6.42 Å². The largest absolute Gasteiger partial charge is 0.372 e. The molecule has 16 heavy (non-hydrogen) atoms. The van der Waals surface area contributed by atoms with Gasteiger partial charge in [0.05, 0.1) is 12.4 Å². The Bertz CT molecular complexity index is 371. The van der Waals surface area contributed by atoms with E-state index in [4.69, 9.17) is 0 Å². The van der Waals surface area contributed by atoms with Crippen LogP contribution in [0.15, 0.2) is 12.4 Å². The number of carbonyl (C=O) groups is 1. The summed E-state index contributed by atoms with van der Waals surface area (Å²) in [4.78, 5) is 19.4. The molecule has 0 bridgehead atoms. The molecule has 86 valence electrons. The van der Waals surface area contributed by atoms with E-state index in [1.54, 1.807) is 19.4 Å². The minimum Gasteiger partial charge on any atom is -0.372 e. The average Bonchev–Trinajstić information content (AvgIpc) is 2.32. The summed E-state index contributed by atoms with van der Waals surface area (Å²) in [6, 6.07) is 0.235. The average molecular weight is 221 g/mol. The van der Waals surface area contributed by atoms with Gasteiger partial charge in [-0.2, -0.15) is 0 Å². The fourth-order valence-corrected chi connectivity index (χ4v) is 1.62. The van der Waals surface area contributed by atoms with Crippen LogP contribution in [0.1, 0.15) is 12.8 Å². The number of rotatable bonds is 3. The minimum absolute atomic E-state index is 0.119. The highest BCUT2D eigenvalue weighted by Crippen LogP contribution is 2.11. The minimum atomic E-state index is 0.119. The smallest absolute Gasteiger partial charge is 0.220 e. The van der Waals surface area contributed by atoms with Gasteiger partial charge in [0.25, 0.3) is 0 Å². The van der Waals surface area contributed by atoms with Crippen molar-refractivity contribution >= 4 is 17.5 Å². The van der Waals surface area contributed by atoms with Gasteiger partial charge in [0.1, 0.15) is 11.6 Å². The van der Waals surface area contributed by atoms with Gasteiger partial charge >= 0.3 is 0 Å². The summed E-state index contributed by atoms with van der Waals surface area (Å²) in [6.45, 7) is 0.643. The second-order valence-electron chi connectivity index (χ2n) is 3.72. The number of carbonyl (C=O) groups excluding carboxylic acids is 1. The summed E-state index contributed by atoms with van der Waals surface area (Å²) in [6.07, 6.45) is 4.74. The summed E-state index contributed by atoms with van der Waals surface area (Å²) in [7, 11) is 1.80. The third kappa shape index (κ3) is 2.59. The molecule has 0 aromatic carbocycles. The van der Waals surface area contributed by atoms with Crippen molar-refractivity contribution in [3.8, 4) is 0 Å². The zero-order valence-electron chi connectivity index (χ0n) is 9.16. The molecular weight excluding hydrogens is 206 g/mol. The molecule has 6 heteroatoms. The molecule has 1 fully saturated rings. The summed E-state index contributed by atoms with van der Waals surface area (Å²) in [5, 5.41) is 8.99. The Kier molecular flexibility index (Phi) is 3.19. The fourth-order valence-electron chi connectivity index (χ4n) is 1.62. The van der Waals surface area contributed by atoms with E-state index >= 15 is 0 Å². The lowest BCUT2D eigenvalue weighted by atomic mass is 10.1. The van der Waals surface area contributed by atoms with Crippen LogP contribution in [0, 0.1) is 0 Å². The number of amides is 1. The molecule has 0 radical (unpaired) electrons. The van der Waals surface area contributed by atoms with Crippen LogP contribution < -0.4 is 16.0 Å². The van der Waals surface area contributed by atoms with Gasteiger partial charge in [0, 0.05) is 26.1 Å². The number of aromatic nitrogens is 2. The molecule has 3 N–H and O–H groups in total. The van der Waals surface area contributed by atoms with E-state index in [2.05, 4.69) is 25.9 Å². The number of hydrogen-bond donors (Lipinski definition) is 3. The van der Waals surface area contributed by atoms with E-state index < -0.39 is 0 Å². The maximum Gasteiger partial charge on any atom is 0.220 e. The molecule has 0 spiro atoms. The van der Waals surface area contributed by atoms with E-state index in [-0.39, 0.29) is 11.9 Å². The van der Waals surface area contributed by atoms with Crippen LogP contribution in [0.3, 0.4) is 0 Å². The maximum atomic E-state index is 11.0. The van der Waals surface area contributed by atoms with Crippen LogP contribution in [-0.2, 0) is 4.79 Å². The van der Waals surface area contributed by atoms with E-state index in [1.807, 2.05) is 0 Å². The first-order valence-electron chi connectivity index (χ1n) is 5.31. The van der Waals surface area contributed by atoms with Crippen LogP contribution in [0.25, 0.3) is 0 Å². The quantitative estimate of drug-likeness (QED) is 0.680. The van der Waals surface area contributed by atoms with E-state index in [0.29, 0.717) is 13.0 Å². The lowest BCUT2D eigenvalue weighted by molar-refractivity contribution is -0.122. The second-order valence-corrected chi connectivity index (χ2v) is 3.72. The molecule has 1 atom stereocenters. The predicted octanol–water partition coefficient (Wildman–Crippen LogP) is 0.209. The third-order valence-electron chi connectivity index (χ3n) is 2.51. The van der Waals surface area contributed by atoms with Gasteiger partial charge in [0.2, 0.25) is 5.91 Å². The first-order chi connectivity index (χ1) is 7.78. The van der Waals surface area contributed by atoms with Gasteiger partial charge in [-0.1, -0.05) is 0 Å². The molecule has 1 aromatic heterocycles. The first kappa shape index (κ1) is 10.7. The molecule has 1 aliphatic heterocycles. The Morgan fingerprint density at radius 3 is 2.94 bits per heavy atom. The van der Waals surface area contributed by atoms with Gasteiger partial charge in [-0.25, -0.2) is 4.98 Å². The number of hydrogen-bond acceptors (Lipinski definition) is 5. The van der Waals surface area contributed by atoms with E-state index in [0.717, 1.165) is 18.1 Å². The fraction of sp³-hybridized carbons (Fsp3) is 0.500. The Morgan fingerprint density at radius 2 is 2.25 bits per heavy atom. The second kappa shape index (κ2) is 4.78. The van der Waals surface area contributed by atoms with Crippen LogP contribution in [0.4, 0.5) is 11.6 Å². The summed E-state index contributed by atoms with van der Waals surface area (Å²) < 4.78 is 0. The maximum absolute atomic E-state index is 11.0. The monoisotopic (exact) mass is 221 g/mol. The number of nitrogens with zero attached hydrogens (tertiary/aromatic N) is 2. The standard InChI is InChI=1S/C10H15N5O/c1-11-8-5-12-6-9(15-8)14-7-2-3-10(16)13-4-7/h5-7H,2-4H2,1H3,(H,13,16)(H2,11,14,15). The van der Waals surface area contributed by atoms with Crippen LogP contribution in [0.2, 0.25) is 0 Å². The van der Waals surface area contributed by atoms with Gasteiger partial charge in [-0.3, -0.25) is 9.78 Å². The molecule has 1 aromatic rings. The normalized spacial score (nSPS) is 20.1. The van der Waals surface area contributed by atoms with Crippen LogP contribution in [0.5, 0.6) is 0 Å². The Hall–Kier alpha value is -1.85. The Balaban J connectivity index is 1.95. The van der Waals surface area contributed by atoms with Crippen molar-refractivity contribution in [1.29, 1.82) is 0 Å².